The van der Waals surface area contributed by atoms with E-state index in [9.17, 15) is 9.59 Å². The van der Waals surface area contributed by atoms with Crippen molar-refractivity contribution in [2.75, 3.05) is 17.7 Å². The van der Waals surface area contributed by atoms with Crippen LogP contribution in [0.25, 0.3) is 11.4 Å². The van der Waals surface area contributed by atoms with Gasteiger partial charge in [-0.2, -0.15) is 4.80 Å². The number of aromatic nitrogens is 4. The lowest BCUT2D eigenvalue weighted by molar-refractivity contribution is -0.117. The molecule has 132 valence electrons. The molecule has 0 saturated carbocycles. The first-order valence-electron chi connectivity index (χ1n) is 7.86. The van der Waals surface area contributed by atoms with E-state index in [2.05, 4.69) is 31.4 Å². The van der Waals surface area contributed by atoms with Crippen LogP contribution in [-0.2, 0) is 11.3 Å². The highest BCUT2D eigenvalue weighted by Gasteiger charge is 2.10. The first kappa shape index (κ1) is 17.1. The summed E-state index contributed by atoms with van der Waals surface area (Å²) in [5, 5.41) is 19.9. The Bertz CT molecular complexity index is 908. The number of rotatable bonds is 5. The molecule has 1 aromatic heterocycles. The minimum atomic E-state index is -0.339. The summed E-state index contributed by atoms with van der Waals surface area (Å²) < 4.78 is 0. The third-order valence-electron chi connectivity index (χ3n) is 3.40. The van der Waals surface area contributed by atoms with E-state index in [-0.39, 0.29) is 18.5 Å². The topological polar surface area (TPSA) is 114 Å². The van der Waals surface area contributed by atoms with Crippen LogP contribution in [0.1, 0.15) is 0 Å². The van der Waals surface area contributed by atoms with Crippen molar-refractivity contribution in [1.29, 1.82) is 0 Å². The smallest absolute Gasteiger partial charge is 0.318 e. The molecule has 2 aromatic carbocycles. The molecule has 9 heteroatoms. The quantitative estimate of drug-likeness (QED) is 0.648. The van der Waals surface area contributed by atoms with Gasteiger partial charge in [-0.05, 0) is 23.4 Å². The highest BCUT2D eigenvalue weighted by molar-refractivity contribution is 5.93. The zero-order chi connectivity index (χ0) is 18.4. The lowest BCUT2D eigenvalue weighted by Gasteiger charge is -2.08. The zero-order valence-electron chi connectivity index (χ0n) is 14.0. The van der Waals surface area contributed by atoms with Gasteiger partial charge in [0.25, 0.3) is 0 Å². The summed E-state index contributed by atoms with van der Waals surface area (Å²) in [7, 11) is 1.52. The van der Waals surface area contributed by atoms with Crippen molar-refractivity contribution in [2.24, 2.45) is 0 Å². The number of hydrogen-bond donors (Lipinski definition) is 3. The Labute approximate surface area is 149 Å². The standard InChI is InChI=1S/C17H17N7O2/c1-18-17(26)20-14-9-5-8-13(10-14)19-15(25)11-24-22-16(21-23-24)12-6-3-2-4-7-12/h2-10H,11H2,1H3,(H,19,25)(H2,18,20,26). The number of tetrazole rings is 1. The molecule has 1 heterocycles. The molecule has 0 unspecified atom stereocenters. The summed E-state index contributed by atoms with van der Waals surface area (Å²) >= 11 is 0. The van der Waals surface area contributed by atoms with Gasteiger partial charge >= 0.3 is 6.03 Å². The van der Waals surface area contributed by atoms with E-state index in [1.165, 1.54) is 11.8 Å². The second-order valence-corrected chi connectivity index (χ2v) is 5.34. The van der Waals surface area contributed by atoms with Crippen LogP contribution in [0.5, 0.6) is 0 Å². The molecule has 3 rings (SSSR count). The van der Waals surface area contributed by atoms with Gasteiger partial charge in [0.05, 0.1) is 0 Å². The molecule has 0 aliphatic heterocycles. The van der Waals surface area contributed by atoms with Gasteiger partial charge in [0.15, 0.2) is 0 Å². The van der Waals surface area contributed by atoms with Gasteiger partial charge in [0.2, 0.25) is 11.7 Å². The number of carbonyl (C=O) groups excluding carboxylic acids is 2. The van der Waals surface area contributed by atoms with Crippen LogP contribution in [0.3, 0.4) is 0 Å². The van der Waals surface area contributed by atoms with Crippen molar-refractivity contribution in [1.82, 2.24) is 25.5 Å². The summed E-state index contributed by atoms with van der Waals surface area (Å²) in [6, 6.07) is 15.9. The number of carbonyl (C=O) groups is 2. The third kappa shape index (κ3) is 4.41. The van der Waals surface area contributed by atoms with E-state index in [4.69, 9.17) is 0 Å². The fourth-order valence-electron chi connectivity index (χ4n) is 2.21. The molecule has 3 amide bonds. The predicted molar refractivity (Wildman–Crippen MR) is 96.4 cm³/mol. The lowest BCUT2D eigenvalue weighted by atomic mass is 10.2. The van der Waals surface area contributed by atoms with Crippen molar-refractivity contribution < 1.29 is 9.59 Å². The third-order valence-corrected chi connectivity index (χ3v) is 3.40. The molecular weight excluding hydrogens is 334 g/mol. The fourth-order valence-corrected chi connectivity index (χ4v) is 2.21. The summed E-state index contributed by atoms with van der Waals surface area (Å²) in [5.41, 5.74) is 1.94. The van der Waals surface area contributed by atoms with E-state index in [1.807, 2.05) is 30.3 Å². The van der Waals surface area contributed by atoms with E-state index in [0.29, 0.717) is 17.2 Å². The largest absolute Gasteiger partial charge is 0.341 e. The van der Waals surface area contributed by atoms with Crippen LogP contribution in [0.4, 0.5) is 16.2 Å². The van der Waals surface area contributed by atoms with Gasteiger partial charge in [-0.15, -0.1) is 10.2 Å². The monoisotopic (exact) mass is 351 g/mol. The molecule has 0 aliphatic carbocycles. The summed E-state index contributed by atoms with van der Waals surface area (Å²) in [4.78, 5) is 24.7. The number of amides is 3. The Kier molecular flexibility index (Phi) is 5.18. The second kappa shape index (κ2) is 7.88. The Morgan fingerprint density at radius 3 is 2.46 bits per heavy atom. The number of urea groups is 1. The molecule has 0 bridgehead atoms. The maximum absolute atomic E-state index is 12.2. The Hall–Kier alpha value is -3.75. The van der Waals surface area contributed by atoms with E-state index < -0.39 is 0 Å². The summed E-state index contributed by atoms with van der Waals surface area (Å²) in [6.45, 7) is -0.0765. The summed E-state index contributed by atoms with van der Waals surface area (Å²) in [5.74, 6) is 0.147. The van der Waals surface area contributed by atoms with Crippen LogP contribution in [0.2, 0.25) is 0 Å². The van der Waals surface area contributed by atoms with Gasteiger partial charge in [-0.3, -0.25) is 4.79 Å². The molecule has 0 atom stereocenters. The van der Waals surface area contributed by atoms with Crippen LogP contribution in [0, 0.1) is 0 Å². The van der Waals surface area contributed by atoms with Crippen LogP contribution in [-0.4, -0.2) is 39.2 Å². The van der Waals surface area contributed by atoms with Crippen molar-refractivity contribution in [3.63, 3.8) is 0 Å². The van der Waals surface area contributed by atoms with E-state index >= 15 is 0 Å². The lowest BCUT2D eigenvalue weighted by Crippen LogP contribution is -2.24. The molecular formula is C17H17N7O2. The number of hydrogen-bond acceptors (Lipinski definition) is 5. The molecule has 0 spiro atoms. The van der Waals surface area contributed by atoms with Gasteiger partial charge < -0.3 is 16.0 Å². The van der Waals surface area contributed by atoms with Crippen LogP contribution < -0.4 is 16.0 Å². The first-order chi connectivity index (χ1) is 12.6. The molecule has 0 saturated heterocycles. The number of nitrogens with one attached hydrogen (secondary N) is 3. The van der Waals surface area contributed by atoms with Crippen LogP contribution in [0.15, 0.2) is 54.6 Å². The van der Waals surface area contributed by atoms with Crippen molar-refractivity contribution in [3.8, 4) is 11.4 Å². The minimum Gasteiger partial charge on any atom is -0.341 e. The highest BCUT2D eigenvalue weighted by Crippen LogP contribution is 2.15. The Morgan fingerprint density at radius 2 is 1.73 bits per heavy atom. The second-order valence-electron chi connectivity index (χ2n) is 5.34. The molecule has 0 aliphatic rings. The van der Waals surface area contributed by atoms with Crippen molar-refractivity contribution in [3.05, 3.63) is 54.6 Å². The van der Waals surface area contributed by atoms with Gasteiger partial charge in [-0.25, -0.2) is 4.79 Å². The maximum atomic E-state index is 12.2. The maximum Gasteiger partial charge on any atom is 0.318 e. The van der Waals surface area contributed by atoms with E-state index in [0.717, 1.165) is 5.56 Å². The average molecular weight is 351 g/mol. The SMILES string of the molecule is CNC(=O)Nc1cccc(NC(=O)Cn2nnc(-c3ccccc3)n2)c1. The van der Waals surface area contributed by atoms with Gasteiger partial charge in [-0.1, -0.05) is 36.4 Å². The number of benzene rings is 2. The molecule has 0 radical (unpaired) electrons. The molecule has 3 aromatic rings. The Balaban J connectivity index is 1.62. The molecule has 0 fully saturated rings. The number of anilines is 2. The van der Waals surface area contributed by atoms with Crippen LogP contribution >= 0.6 is 0 Å². The molecule has 26 heavy (non-hydrogen) atoms. The average Bonchev–Trinajstić information content (AvgIpc) is 3.11. The zero-order valence-corrected chi connectivity index (χ0v) is 14.0. The normalized spacial score (nSPS) is 10.2. The summed E-state index contributed by atoms with van der Waals surface area (Å²) in [6.07, 6.45) is 0. The van der Waals surface area contributed by atoms with Gasteiger partial charge in [0.1, 0.15) is 6.54 Å². The van der Waals surface area contributed by atoms with E-state index in [1.54, 1.807) is 24.3 Å². The molecule has 9 nitrogen and oxygen atoms in total. The fraction of sp³-hybridized carbons (Fsp3) is 0.118. The highest BCUT2D eigenvalue weighted by atomic mass is 16.2. The minimum absolute atomic E-state index is 0.0765. The van der Waals surface area contributed by atoms with Crippen molar-refractivity contribution in [2.45, 2.75) is 6.54 Å². The number of nitrogens with zero attached hydrogens (tertiary/aromatic N) is 4. The molecule has 3 N–H and O–H groups in total. The van der Waals surface area contributed by atoms with Gasteiger partial charge in [0, 0.05) is 24.0 Å². The Morgan fingerprint density at radius 1 is 1.00 bits per heavy atom. The predicted octanol–water partition coefficient (Wildman–Crippen LogP) is 1.73. The van der Waals surface area contributed by atoms with Crippen molar-refractivity contribution >= 4 is 23.3 Å². The first-order valence-corrected chi connectivity index (χ1v) is 7.86.